The van der Waals surface area contributed by atoms with Crippen LogP contribution in [0.2, 0.25) is 0 Å². The number of nitrogens with two attached hydrogens (primary N) is 1. The van der Waals surface area contributed by atoms with Gasteiger partial charge in [0.15, 0.2) is 9.84 Å². The molecule has 0 unspecified atom stereocenters. The number of sulfone groups is 1. The predicted octanol–water partition coefficient (Wildman–Crippen LogP) is 3.34. The third-order valence-electron chi connectivity index (χ3n) is 11.2. The second kappa shape index (κ2) is 14.3. The Morgan fingerprint density at radius 3 is 2.31 bits per heavy atom. The van der Waals surface area contributed by atoms with Crippen molar-refractivity contribution < 1.29 is 41.3 Å². The van der Waals surface area contributed by atoms with Crippen LogP contribution in [-0.4, -0.2) is 99.9 Å². The fourth-order valence-corrected chi connectivity index (χ4v) is 10.8. The van der Waals surface area contributed by atoms with E-state index in [-0.39, 0.29) is 34.5 Å². The number of hydrogen-bond donors (Lipinski definition) is 4. The molecule has 4 fully saturated rings. The molecule has 0 amide bonds. The highest BCUT2D eigenvalue weighted by atomic mass is 32.2. The van der Waals surface area contributed by atoms with Crippen molar-refractivity contribution in [2.75, 3.05) is 46.1 Å². The molecule has 2 heterocycles. The molecule has 3 aromatic carbocycles. The van der Waals surface area contributed by atoms with Crippen LogP contribution in [0, 0.1) is 0 Å². The minimum atomic E-state index is -3.87. The van der Waals surface area contributed by atoms with E-state index in [1.807, 2.05) is 37.3 Å². The molecule has 0 radical (unpaired) electrons. The number of aliphatic hydroxyl groups is 2. The number of nitrogens with one attached hydrogen (secondary N) is 1. The molecule has 14 heteroatoms. The van der Waals surface area contributed by atoms with Crippen LogP contribution in [0.25, 0.3) is 11.1 Å². The Bertz CT molecular complexity index is 1970. The summed E-state index contributed by atoms with van der Waals surface area (Å²) in [6.07, 6.45) is 3.71. The second-order valence-corrected chi connectivity index (χ2v) is 19.1. The molecule has 2 aliphatic heterocycles. The van der Waals surface area contributed by atoms with Crippen LogP contribution in [0.5, 0.6) is 11.5 Å². The van der Waals surface area contributed by atoms with E-state index in [1.165, 1.54) is 16.4 Å². The number of rotatable bonds is 15. The van der Waals surface area contributed by atoms with Crippen LogP contribution in [0.1, 0.15) is 57.4 Å². The Morgan fingerprint density at radius 1 is 0.942 bits per heavy atom. The minimum Gasteiger partial charge on any atom is -0.492 e. The van der Waals surface area contributed by atoms with Crippen molar-refractivity contribution in [2.45, 2.75) is 89.7 Å². The molecule has 2 saturated heterocycles. The number of ether oxygens (including phenoxy) is 3. The Kier molecular flexibility index (Phi) is 10.2. The van der Waals surface area contributed by atoms with Crippen LogP contribution >= 0.6 is 0 Å². The van der Waals surface area contributed by atoms with Gasteiger partial charge < -0.3 is 35.5 Å². The smallest absolute Gasteiger partial charge is 0.246 e. The summed E-state index contributed by atoms with van der Waals surface area (Å²) in [4.78, 5) is 0.248. The maximum atomic E-state index is 14.1. The zero-order valence-electron chi connectivity index (χ0n) is 29.5. The standard InChI is InChI=1S/C38H49N3O9S2/c1-2-48-34-11-8-28(27-6-9-29(10-7-27)38(39)14-15-38)20-35(34)52(46,47)41-18-16-36(17-19-41)22-30(24-50-36)40-23-31(43)25-49-32-4-3-5-33(21-32)51(44,45)37(26-42)12-13-37/h3-11,20-21,30-31,40,42-43H,2,12-19,22-26,39H2,1H3/t30-,31+/m1/s1. The Morgan fingerprint density at radius 2 is 1.65 bits per heavy atom. The number of benzene rings is 3. The van der Waals surface area contributed by atoms with Crippen LogP contribution in [0.3, 0.4) is 0 Å². The average molecular weight is 756 g/mol. The molecule has 1 spiro atoms. The van der Waals surface area contributed by atoms with Gasteiger partial charge in [0.1, 0.15) is 29.1 Å². The van der Waals surface area contributed by atoms with E-state index in [0.29, 0.717) is 69.9 Å². The van der Waals surface area contributed by atoms with Gasteiger partial charge in [0.2, 0.25) is 10.0 Å². The third-order valence-corrected chi connectivity index (χ3v) is 15.6. The molecule has 0 bridgehead atoms. The van der Waals surface area contributed by atoms with Gasteiger partial charge in [0, 0.05) is 31.2 Å². The van der Waals surface area contributed by atoms with Crippen molar-refractivity contribution >= 4 is 19.9 Å². The van der Waals surface area contributed by atoms with Gasteiger partial charge in [-0.1, -0.05) is 36.4 Å². The summed E-state index contributed by atoms with van der Waals surface area (Å²) in [5.74, 6) is 0.656. The van der Waals surface area contributed by atoms with Crippen LogP contribution < -0.4 is 20.5 Å². The van der Waals surface area contributed by atoms with Crippen molar-refractivity contribution in [3.8, 4) is 22.6 Å². The lowest BCUT2D eigenvalue weighted by Crippen LogP contribution is -2.47. The zero-order chi connectivity index (χ0) is 36.8. The van der Waals surface area contributed by atoms with Gasteiger partial charge in [-0.2, -0.15) is 4.31 Å². The van der Waals surface area contributed by atoms with Crippen molar-refractivity contribution in [3.05, 3.63) is 72.3 Å². The molecule has 12 nitrogen and oxygen atoms in total. The summed E-state index contributed by atoms with van der Waals surface area (Å²) in [6, 6.07) is 19.5. The van der Waals surface area contributed by atoms with Gasteiger partial charge in [0.25, 0.3) is 0 Å². The Labute approximate surface area is 306 Å². The highest BCUT2D eigenvalue weighted by Gasteiger charge is 2.54. The van der Waals surface area contributed by atoms with Gasteiger partial charge in [-0.15, -0.1) is 0 Å². The van der Waals surface area contributed by atoms with E-state index in [1.54, 1.807) is 24.3 Å². The number of aliphatic hydroxyl groups excluding tert-OH is 2. The van der Waals surface area contributed by atoms with E-state index >= 15 is 0 Å². The minimum absolute atomic E-state index is 0.0267. The number of nitrogens with zero attached hydrogens (tertiary/aromatic N) is 1. The first-order valence-corrected chi connectivity index (χ1v) is 21.1. The lowest BCUT2D eigenvalue weighted by molar-refractivity contribution is -0.0312. The Balaban J connectivity index is 0.921. The van der Waals surface area contributed by atoms with Crippen molar-refractivity contribution in [1.82, 2.24) is 9.62 Å². The van der Waals surface area contributed by atoms with E-state index in [4.69, 9.17) is 19.9 Å². The van der Waals surface area contributed by atoms with Gasteiger partial charge in [0.05, 0.1) is 35.1 Å². The largest absolute Gasteiger partial charge is 0.492 e. The molecule has 52 heavy (non-hydrogen) atoms. The third kappa shape index (κ3) is 7.36. The fraction of sp³-hybridized carbons (Fsp3) is 0.526. The summed E-state index contributed by atoms with van der Waals surface area (Å²) in [7, 11) is -7.55. The fourth-order valence-electron chi connectivity index (χ4n) is 7.37. The molecule has 282 valence electrons. The number of hydrogen-bond acceptors (Lipinski definition) is 11. The average Bonchev–Trinajstić information content (AvgIpc) is 4.08. The lowest BCUT2D eigenvalue weighted by atomic mass is 9.88. The van der Waals surface area contributed by atoms with Gasteiger partial charge in [-0.05, 0) is 98.9 Å². The first-order chi connectivity index (χ1) is 24.8. The van der Waals surface area contributed by atoms with Gasteiger partial charge >= 0.3 is 0 Å². The van der Waals surface area contributed by atoms with Crippen LogP contribution in [0.4, 0.5) is 0 Å². The van der Waals surface area contributed by atoms with E-state index in [0.717, 1.165) is 29.5 Å². The van der Waals surface area contributed by atoms with Gasteiger partial charge in [-0.3, -0.25) is 0 Å². The molecule has 3 aromatic rings. The van der Waals surface area contributed by atoms with E-state index in [9.17, 15) is 27.0 Å². The maximum Gasteiger partial charge on any atom is 0.246 e. The Hall–Kier alpha value is -3.08. The number of sulfonamides is 1. The summed E-state index contributed by atoms with van der Waals surface area (Å²) in [5, 5.41) is 23.6. The first-order valence-electron chi connectivity index (χ1n) is 18.1. The normalized spacial score (nSPS) is 22.6. The van der Waals surface area contributed by atoms with Crippen molar-refractivity contribution in [2.24, 2.45) is 5.73 Å². The lowest BCUT2D eigenvalue weighted by Gasteiger charge is -2.38. The predicted molar refractivity (Wildman–Crippen MR) is 195 cm³/mol. The highest BCUT2D eigenvalue weighted by Crippen LogP contribution is 2.47. The molecule has 4 aliphatic rings. The summed E-state index contributed by atoms with van der Waals surface area (Å²) < 4.78 is 72.3. The number of piperidine rings is 1. The molecule has 2 aliphatic carbocycles. The first kappa shape index (κ1) is 37.2. The summed E-state index contributed by atoms with van der Waals surface area (Å²) in [6.45, 7) is 3.01. The van der Waals surface area contributed by atoms with Crippen LogP contribution in [-0.2, 0) is 30.1 Å². The molecular formula is C38H49N3O9S2. The van der Waals surface area contributed by atoms with E-state index < -0.39 is 42.9 Å². The molecule has 5 N–H and O–H groups in total. The van der Waals surface area contributed by atoms with Crippen LogP contribution in [0.15, 0.2) is 76.5 Å². The highest BCUT2D eigenvalue weighted by molar-refractivity contribution is 7.93. The van der Waals surface area contributed by atoms with Gasteiger partial charge in [-0.25, -0.2) is 16.8 Å². The second-order valence-electron chi connectivity index (χ2n) is 14.8. The summed E-state index contributed by atoms with van der Waals surface area (Å²) >= 11 is 0. The quantitative estimate of drug-likeness (QED) is 0.179. The topological polar surface area (TPSA) is 178 Å². The molecular weight excluding hydrogens is 707 g/mol. The summed E-state index contributed by atoms with van der Waals surface area (Å²) in [5.41, 5.74) is 8.45. The zero-order valence-corrected chi connectivity index (χ0v) is 31.1. The SMILES string of the molecule is CCOc1ccc(-c2ccc(C3(N)CC3)cc2)cc1S(=O)(=O)N1CCC2(CC1)C[C@@H](NC[C@H](O)COc1cccc(S(=O)(=O)C3(CO)CC3)c1)CO2. The van der Waals surface area contributed by atoms with E-state index in [2.05, 4.69) is 5.32 Å². The molecule has 2 saturated carbocycles. The van der Waals surface area contributed by atoms with Crippen molar-refractivity contribution in [1.29, 1.82) is 0 Å². The molecule has 0 aromatic heterocycles. The monoisotopic (exact) mass is 755 g/mol. The maximum absolute atomic E-state index is 14.1. The molecule has 7 rings (SSSR count). The van der Waals surface area contributed by atoms with Crippen molar-refractivity contribution in [3.63, 3.8) is 0 Å². The molecule has 2 atom stereocenters.